The highest BCUT2D eigenvalue weighted by molar-refractivity contribution is 5.78. The number of nitrogens with zero attached hydrogens (tertiary/aromatic N) is 3. The zero-order valence-electron chi connectivity index (χ0n) is 8.31. The Bertz CT molecular complexity index is 279. The van der Waals surface area contributed by atoms with Gasteiger partial charge in [-0.05, 0) is 18.9 Å². The second-order valence-corrected chi connectivity index (χ2v) is 3.57. The molecule has 0 bridgehead atoms. The summed E-state index contributed by atoms with van der Waals surface area (Å²) in [5.74, 6) is -0.00463. The Balaban J connectivity index is 2.11. The molecular formula is C10H14N3O. The van der Waals surface area contributed by atoms with Gasteiger partial charge in [0.2, 0.25) is 5.91 Å². The SMILES string of the molecule is CC(=O)N1[C]=CC=NC1N1CCCC1. The molecule has 1 amide bonds. The van der Waals surface area contributed by atoms with E-state index in [9.17, 15) is 4.79 Å². The fourth-order valence-electron chi connectivity index (χ4n) is 1.85. The standard InChI is InChI=1S/C10H14N3O/c1-9(14)13-8-4-5-11-10(13)12-6-2-3-7-12/h4-5,10H,2-3,6-7H2,1H3. The molecule has 2 heterocycles. The summed E-state index contributed by atoms with van der Waals surface area (Å²) in [4.78, 5) is 19.4. The molecule has 0 saturated carbocycles. The van der Waals surface area contributed by atoms with Crippen LogP contribution in [0.15, 0.2) is 11.1 Å². The van der Waals surface area contributed by atoms with Gasteiger partial charge in [-0.3, -0.25) is 19.6 Å². The molecule has 0 N–H and O–H groups in total. The molecule has 1 atom stereocenters. The van der Waals surface area contributed by atoms with Crippen LogP contribution >= 0.6 is 0 Å². The molecule has 2 rings (SSSR count). The number of allylic oxidation sites excluding steroid dienone is 1. The highest BCUT2D eigenvalue weighted by Crippen LogP contribution is 2.17. The van der Waals surface area contributed by atoms with Gasteiger partial charge in [-0.25, -0.2) is 0 Å². The van der Waals surface area contributed by atoms with Crippen LogP contribution in [0.1, 0.15) is 19.8 Å². The first-order chi connectivity index (χ1) is 6.79. The topological polar surface area (TPSA) is 35.9 Å². The molecule has 1 fully saturated rings. The summed E-state index contributed by atoms with van der Waals surface area (Å²) in [6, 6.07) is 0. The summed E-state index contributed by atoms with van der Waals surface area (Å²) in [7, 11) is 0. The molecule has 0 spiro atoms. The third-order valence-electron chi connectivity index (χ3n) is 2.55. The molecule has 1 radical (unpaired) electrons. The van der Waals surface area contributed by atoms with Crippen molar-refractivity contribution < 1.29 is 4.79 Å². The third kappa shape index (κ3) is 1.70. The lowest BCUT2D eigenvalue weighted by Crippen LogP contribution is -2.46. The van der Waals surface area contributed by atoms with E-state index in [0.29, 0.717) is 0 Å². The lowest BCUT2D eigenvalue weighted by molar-refractivity contribution is -0.131. The monoisotopic (exact) mass is 192 g/mol. The molecule has 4 heteroatoms. The molecule has 2 aliphatic rings. The number of likely N-dealkylation sites (tertiary alicyclic amines) is 1. The van der Waals surface area contributed by atoms with Crippen molar-refractivity contribution in [3.05, 3.63) is 12.3 Å². The first kappa shape index (κ1) is 9.40. The average molecular weight is 192 g/mol. The molecular weight excluding hydrogens is 178 g/mol. The average Bonchev–Trinajstić information content (AvgIpc) is 2.70. The van der Waals surface area contributed by atoms with Gasteiger partial charge in [0.15, 0.2) is 6.29 Å². The Kier molecular flexibility index (Phi) is 2.63. The molecule has 75 valence electrons. The third-order valence-corrected chi connectivity index (χ3v) is 2.55. The van der Waals surface area contributed by atoms with Crippen molar-refractivity contribution in [2.75, 3.05) is 13.1 Å². The van der Waals surface area contributed by atoms with E-state index in [2.05, 4.69) is 16.1 Å². The van der Waals surface area contributed by atoms with E-state index in [4.69, 9.17) is 0 Å². The zero-order chi connectivity index (χ0) is 9.97. The van der Waals surface area contributed by atoms with Crippen LogP contribution in [-0.4, -0.2) is 41.3 Å². The summed E-state index contributed by atoms with van der Waals surface area (Å²) < 4.78 is 0. The van der Waals surface area contributed by atoms with Gasteiger partial charge in [0.05, 0.1) is 6.20 Å². The molecule has 0 aliphatic carbocycles. The predicted molar refractivity (Wildman–Crippen MR) is 53.4 cm³/mol. The molecule has 0 aromatic rings. The second kappa shape index (κ2) is 3.92. The van der Waals surface area contributed by atoms with Crippen molar-refractivity contribution in [2.45, 2.75) is 26.1 Å². The first-order valence-electron chi connectivity index (χ1n) is 4.94. The quantitative estimate of drug-likeness (QED) is 0.610. The summed E-state index contributed by atoms with van der Waals surface area (Å²) >= 11 is 0. The Morgan fingerprint density at radius 3 is 2.86 bits per heavy atom. The van der Waals surface area contributed by atoms with Gasteiger partial charge >= 0.3 is 0 Å². The predicted octanol–water partition coefficient (Wildman–Crippen LogP) is 0.616. The number of hydrogen-bond acceptors (Lipinski definition) is 3. The maximum atomic E-state index is 11.3. The maximum absolute atomic E-state index is 11.3. The van der Waals surface area contributed by atoms with Crippen molar-refractivity contribution in [3.8, 4) is 0 Å². The largest absolute Gasteiger partial charge is 0.275 e. The number of carbonyl (C=O) groups excluding carboxylic acids is 1. The number of carbonyl (C=O) groups is 1. The van der Waals surface area contributed by atoms with Gasteiger partial charge in [0.1, 0.15) is 0 Å². The van der Waals surface area contributed by atoms with Gasteiger partial charge in [0, 0.05) is 26.2 Å². The Morgan fingerprint density at radius 2 is 2.21 bits per heavy atom. The van der Waals surface area contributed by atoms with Crippen molar-refractivity contribution in [1.29, 1.82) is 0 Å². The van der Waals surface area contributed by atoms with Crippen LogP contribution in [0.25, 0.3) is 0 Å². The molecule has 0 aromatic carbocycles. The van der Waals surface area contributed by atoms with E-state index < -0.39 is 0 Å². The van der Waals surface area contributed by atoms with Gasteiger partial charge in [-0.1, -0.05) is 0 Å². The van der Waals surface area contributed by atoms with Crippen LogP contribution in [0.4, 0.5) is 0 Å². The Morgan fingerprint density at radius 1 is 1.50 bits per heavy atom. The number of aliphatic imine (C=N–C) groups is 1. The fraction of sp³-hybridized carbons (Fsp3) is 0.600. The molecule has 4 nitrogen and oxygen atoms in total. The fourth-order valence-corrected chi connectivity index (χ4v) is 1.85. The van der Waals surface area contributed by atoms with E-state index >= 15 is 0 Å². The van der Waals surface area contributed by atoms with E-state index in [1.165, 1.54) is 12.8 Å². The summed E-state index contributed by atoms with van der Waals surface area (Å²) in [6.45, 7) is 3.59. The smallest absolute Gasteiger partial charge is 0.226 e. The highest BCUT2D eigenvalue weighted by atomic mass is 16.2. The Labute approximate surface area is 83.9 Å². The van der Waals surface area contributed by atoms with Gasteiger partial charge in [-0.2, -0.15) is 0 Å². The van der Waals surface area contributed by atoms with Gasteiger partial charge in [-0.15, -0.1) is 0 Å². The van der Waals surface area contributed by atoms with E-state index in [-0.39, 0.29) is 12.2 Å². The summed E-state index contributed by atoms with van der Waals surface area (Å²) in [6.07, 6.45) is 8.54. The minimum Gasteiger partial charge on any atom is -0.275 e. The van der Waals surface area contributed by atoms with Crippen LogP contribution in [-0.2, 0) is 4.79 Å². The number of amides is 1. The van der Waals surface area contributed by atoms with Crippen LogP contribution in [0.2, 0.25) is 0 Å². The van der Waals surface area contributed by atoms with Crippen LogP contribution in [0.5, 0.6) is 0 Å². The van der Waals surface area contributed by atoms with E-state index in [1.54, 1.807) is 24.1 Å². The minimum absolute atomic E-state index is 0.00463. The van der Waals surface area contributed by atoms with Crippen molar-refractivity contribution in [3.63, 3.8) is 0 Å². The first-order valence-corrected chi connectivity index (χ1v) is 4.94. The Hall–Kier alpha value is -1.16. The molecule has 2 aliphatic heterocycles. The summed E-state index contributed by atoms with van der Waals surface area (Å²) in [5, 5.41) is 0. The van der Waals surface area contributed by atoms with E-state index in [1.807, 2.05) is 0 Å². The molecule has 14 heavy (non-hydrogen) atoms. The summed E-state index contributed by atoms with van der Waals surface area (Å²) in [5.41, 5.74) is 0. The molecule has 1 unspecified atom stereocenters. The second-order valence-electron chi connectivity index (χ2n) is 3.57. The lowest BCUT2D eigenvalue weighted by Gasteiger charge is -2.32. The van der Waals surface area contributed by atoms with Gasteiger partial charge < -0.3 is 0 Å². The maximum Gasteiger partial charge on any atom is 0.226 e. The van der Waals surface area contributed by atoms with Crippen molar-refractivity contribution in [1.82, 2.24) is 9.80 Å². The van der Waals surface area contributed by atoms with Gasteiger partial charge in [0.25, 0.3) is 0 Å². The van der Waals surface area contributed by atoms with Crippen LogP contribution < -0.4 is 0 Å². The number of hydrogen-bond donors (Lipinski definition) is 0. The highest BCUT2D eigenvalue weighted by Gasteiger charge is 2.28. The number of rotatable bonds is 1. The molecule has 1 saturated heterocycles. The molecule has 0 aromatic heterocycles. The minimum atomic E-state index is -0.153. The lowest BCUT2D eigenvalue weighted by atomic mass is 10.4. The van der Waals surface area contributed by atoms with Crippen LogP contribution in [0, 0.1) is 6.20 Å². The van der Waals surface area contributed by atoms with E-state index in [0.717, 1.165) is 13.1 Å². The van der Waals surface area contributed by atoms with Crippen molar-refractivity contribution >= 4 is 12.1 Å². The van der Waals surface area contributed by atoms with Crippen LogP contribution in [0.3, 0.4) is 0 Å². The van der Waals surface area contributed by atoms with Crippen molar-refractivity contribution in [2.24, 2.45) is 4.99 Å². The normalized spacial score (nSPS) is 27.2. The zero-order valence-corrected chi connectivity index (χ0v) is 8.31.